The summed E-state index contributed by atoms with van der Waals surface area (Å²) in [5, 5.41) is 21.2. The second-order valence-corrected chi connectivity index (χ2v) is 3.30. The van der Waals surface area contributed by atoms with Gasteiger partial charge in [-0.2, -0.15) is 0 Å². The zero-order chi connectivity index (χ0) is 7.61. The molecule has 1 heterocycles. The molecule has 3 N–H and O–H groups in total. The van der Waals surface area contributed by atoms with Gasteiger partial charge in [-0.3, -0.25) is 0 Å². The molecular weight excluding hydrogens is 130 g/mol. The van der Waals surface area contributed by atoms with Crippen LogP contribution in [0.25, 0.3) is 0 Å². The maximum absolute atomic E-state index is 9.44. The average molecular weight is 145 g/mol. The molecule has 0 spiro atoms. The normalized spacial score (nSPS) is 41.7. The highest BCUT2D eigenvalue weighted by molar-refractivity contribution is 4.85. The van der Waals surface area contributed by atoms with Gasteiger partial charge in [0, 0.05) is 12.6 Å². The Kier molecular flexibility index (Phi) is 2.28. The van der Waals surface area contributed by atoms with Crippen molar-refractivity contribution < 1.29 is 10.2 Å². The Morgan fingerprint density at radius 3 is 2.80 bits per heavy atom. The molecule has 0 bridgehead atoms. The smallest absolute Gasteiger partial charge is 0.0744 e. The Morgan fingerprint density at radius 2 is 2.40 bits per heavy atom. The Morgan fingerprint density at radius 1 is 1.70 bits per heavy atom. The van der Waals surface area contributed by atoms with Crippen LogP contribution in [0, 0.1) is 0 Å². The van der Waals surface area contributed by atoms with E-state index in [1.165, 1.54) is 0 Å². The zero-order valence-corrected chi connectivity index (χ0v) is 6.30. The van der Waals surface area contributed by atoms with Gasteiger partial charge in [0.25, 0.3) is 0 Å². The van der Waals surface area contributed by atoms with Crippen LogP contribution in [0.5, 0.6) is 0 Å². The number of rotatable bonds is 1. The first-order chi connectivity index (χ1) is 4.64. The largest absolute Gasteiger partial charge is 0.395 e. The fourth-order valence-electron chi connectivity index (χ4n) is 1.20. The van der Waals surface area contributed by atoms with E-state index in [0.717, 1.165) is 12.8 Å². The fraction of sp³-hybridized carbons (Fsp3) is 1.00. The lowest BCUT2D eigenvalue weighted by Gasteiger charge is -2.33. The predicted molar refractivity (Wildman–Crippen MR) is 38.7 cm³/mol. The van der Waals surface area contributed by atoms with Gasteiger partial charge >= 0.3 is 0 Å². The van der Waals surface area contributed by atoms with E-state index in [1.54, 1.807) is 0 Å². The van der Waals surface area contributed by atoms with Gasteiger partial charge in [-0.15, -0.1) is 0 Å². The van der Waals surface area contributed by atoms with Crippen LogP contribution in [0.2, 0.25) is 0 Å². The van der Waals surface area contributed by atoms with E-state index < -0.39 is 5.60 Å². The molecule has 0 aromatic rings. The van der Waals surface area contributed by atoms with Gasteiger partial charge in [0.05, 0.1) is 12.2 Å². The molecule has 0 radical (unpaired) electrons. The van der Waals surface area contributed by atoms with E-state index in [4.69, 9.17) is 5.11 Å². The summed E-state index contributed by atoms with van der Waals surface area (Å²) in [6.07, 6.45) is 1.65. The molecule has 0 saturated carbocycles. The van der Waals surface area contributed by atoms with Crippen LogP contribution >= 0.6 is 0 Å². The highest BCUT2D eigenvalue weighted by Crippen LogP contribution is 2.17. The standard InChI is InChI=1S/C7H15NO2/c1-7(10)3-2-6(4-9)8-5-7/h6,8-10H,2-5H2,1H3/t6-,7?/m0/s1. The molecule has 1 saturated heterocycles. The number of nitrogens with one attached hydrogen (secondary N) is 1. The van der Waals surface area contributed by atoms with Crippen LogP contribution in [0.3, 0.4) is 0 Å². The number of aliphatic hydroxyl groups excluding tert-OH is 1. The van der Waals surface area contributed by atoms with Crippen molar-refractivity contribution in [3.05, 3.63) is 0 Å². The minimum atomic E-state index is -0.564. The molecule has 60 valence electrons. The lowest BCUT2D eigenvalue weighted by Crippen LogP contribution is -2.49. The van der Waals surface area contributed by atoms with Crippen LogP contribution in [0.15, 0.2) is 0 Å². The SMILES string of the molecule is CC1(O)CC[C@@H](CO)NC1. The van der Waals surface area contributed by atoms with Crippen LogP contribution in [0.1, 0.15) is 19.8 Å². The summed E-state index contributed by atoms with van der Waals surface area (Å²) in [4.78, 5) is 0. The highest BCUT2D eigenvalue weighted by Gasteiger charge is 2.27. The van der Waals surface area contributed by atoms with E-state index in [1.807, 2.05) is 6.92 Å². The van der Waals surface area contributed by atoms with Crippen molar-refractivity contribution in [1.82, 2.24) is 5.32 Å². The van der Waals surface area contributed by atoms with Crippen LogP contribution < -0.4 is 5.32 Å². The number of hydrogen-bond acceptors (Lipinski definition) is 3. The van der Waals surface area contributed by atoms with Gasteiger partial charge in [-0.05, 0) is 19.8 Å². The van der Waals surface area contributed by atoms with Crippen LogP contribution in [0.4, 0.5) is 0 Å². The van der Waals surface area contributed by atoms with Crippen molar-refractivity contribution in [2.75, 3.05) is 13.2 Å². The summed E-state index contributed by atoms with van der Waals surface area (Å²) in [6, 6.07) is 0.195. The van der Waals surface area contributed by atoms with Gasteiger partial charge in [-0.25, -0.2) is 0 Å². The number of aliphatic hydroxyl groups is 2. The summed E-state index contributed by atoms with van der Waals surface area (Å²) < 4.78 is 0. The molecule has 3 nitrogen and oxygen atoms in total. The summed E-state index contributed by atoms with van der Waals surface area (Å²) in [6.45, 7) is 2.59. The molecule has 0 aromatic carbocycles. The van der Waals surface area contributed by atoms with Crippen molar-refractivity contribution in [3.63, 3.8) is 0 Å². The molecule has 1 unspecified atom stereocenters. The maximum atomic E-state index is 9.44. The lowest BCUT2D eigenvalue weighted by molar-refractivity contribution is 0.0172. The minimum Gasteiger partial charge on any atom is -0.395 e. The monoisotopic (exact) mass is 145 g/mol. The molecule has 1 rings (SSSR count). The number of piperidine rings is 1. The van der Waals surface area contributed by atoms with Gasteiger partial charge < -0.3 is 15.5 Å². The van der Waals surface area contributed by atoms with Crippen molar-refractivity contribution >= 4 is 0 Å². The van der Waals surface area contributed by atoms with Crippen molar-refractivity contribution in [2.24, 2.45) is 0 Å². The summed E-state index contributed by atoms with van der Waals surface area (Å²) >= 11 is 0. The summed E-state index contributed by atoms with van der Waals surface area (Å²) in [5.74, 6) is 0. The molecule has 1 fully saturated rings. The molecule has 0 aliphatic carbocycles. The fourth-order valence-corrected chi connectivity index (χ4v) is 1.20. The molecule has 1 aliphatic rings. The van der Waals surface area contributed by atoms with Gasteiger partial charge in [0.2, 0.25) is 0 Å². The number of hydrogen-bond donors (Lipinski definition) is 3. The Labute approximate surface area is 61.1 Å². The molecule has 2 atom stereocenters. The van der Waals surface area contributed by atoms with Gasteiger partial charge in [0.1, 0.15) is 0 Å². The van der Waals surface area contributed by atoms with Crippen molar-refractivity contribution in [1.29, 1.82) is 0 Å². The molecular formula is C7H15NO2. The Hall–Kier alpha value is -0.120. The van der Waals surface area contributed by atoms with Crippen LogP contribution in [-0.2, 0) is 0 Å². The summed E-state index contributed by atoms with van der Waals surface area (Å²) in [7, 11) is 0. The quantitative estimate of drug-likeness (QED) is 0.465. The average Bonchev–Trinajstić information content (AvgIpc) is 1.88. The van der Waals surface area contributed by atoms with Gasteiger partial charge in [0.15, 0.2) is 0 Å². The minimum absolute atomic E-state index is 0.177. The predicted octanol–water partition coefficient (Wildman–Crippen LogP) is -0.518. The third-order valence-electron chi connectivity index (χ3n) is 2.02. The van der Waals surface area contributed by atoms with E-state index in [-0.39, 0.29) is 12.6 Å². The van der Waals surface area contributed by atoms with E-state index in [0.29, 0.717) is 6.54 Å². The van der Waals surface area contributed by atoms with Crippen molar-refractivity contribution in [3.8, 4) is 0 Å². The first-order valence-corrected chi connectivity index (χ1v) is 3.71. The summed E-state index contributed by atoms with van der Waals surface area (Å²) in [5.41, 5.74) is -0.564. The second-order valence-electron chi connectivity index (χ2n) is 3.30. The van der Waals surface area contributed by atoms with Gasteiger partial charge in [-0.1, -0.05) is 0 Å². The second kappa shape index (κ2) is 2.86. The Bertz CT molecular complexity index is 104. The molecule has 10 heavy (non-hydrogen) atoms. The van der Waals surface area contributed by atoms with E-state index in [9.17, 15) is 5.11 Å². The highest BCUT2D eigenvalue weighted by atomic mass is 16.3. The lowest BCUT2D eigenvalue weighted by atomic mass is 9.93. The molecule has 0 amide bonds. The zero-order valence-electron chi connectivity index (χ0n) is 6.30. The van der Waals surface area contributed by atoms with Crippen LogP contribution in [-0.4, -0.2) is 35.0 Å². The van der Waals surface area contributed by atoms with E-state index in [2.05, 4.69) is 5.32 Å². The molecule has 1 aliphatic heterocycles. The first kappa shape index (κ1) is 7.98. The third-order valence-corrected chi connectivity index (χ3v) is 2.02. The Balaban J connectivity index is 2.31. The number of β-amino-alcohol motifs (C(OH)–C–C–N with tert-alkyl or cyclic N) is 1. The first-order valence-electron chi connectivity index (χ1n) is 3.71. The molecule has 0 aromatic heterocycles. The maximum Gasteiger partial charge on any atom is 0.0744 e. The van der Waals surface area contributed by atoms with Crippen molar-refractivity contribution in [2.45, 2.75) is 31.4 Å². The molecule has 3 heteroatoms. The van der Waals surface area contributed by atoms with E-state index >= 15 is 0 Å². The third kappa shape index (κ3) is 1.94. The topological polar surface area (TPSA) is 52.5 Å².